The number of hydrogen-bond acceptors (Lipinski definition) is 6. The zero-order valence-corrected chi connectivity index (χ0v) is 21.0. The standard InChI is InChI=1S/C24H26BrClN2O6/c1-2-3-4-13-33-24(32)16-5-7-17(8-6-16)27-21(29)11-12-23(31)34-15-22(30)28-18-9-10-19(25)20(26)14-18/h5-10,14H,2-4,11-13,15H2,1H3,(H,27,29)(H,28,30). The third-order valence-corrected chi connectivity index (χ3v) is 5.74. The Labute approximate surface area is 211 Å². The Bertz CT molecular complexity index is 1010. The van der Waals surface area contributed by atoms with E-state index in [9.17, 15) is 19.2 Å². The molecule has 0 saturated carbocycles. The molecule has 2 aromatic carbocycles. The number of hydrogen-bond donors (Lipinski definition) is 2. The van der Waals surface area contributed by atoms with E-state index in [-0.39, 0.29) is 12.8 Å². The molecule has 0 saturated heterocycles. The minimum absolute atomic E-state index is 0.121. The van der Waals surface area contributed by atoms with Crippen molar-refractivity contribution in [2.24, 2.45) is 0 Å². The second-order valence-corrected chi connectivity index (χ2v) is 8.57. The maximum absolute atomic E-state index is 12.1. The number of unbranched alkanes of at least 4 members (excludes halogenated alkanes) is 2. The van der Waals surface area contributed by atoms with Gasteiger partial charge in [0.2, 0.25) is 5.91 Å². The second kappa shape index (κ2) is 14.4. The van der Waals surface area contributed by atoms with E-state index < -0.39 is 30.4 Å². The van der Waals surface area contributed by atoms with Crippen molar-refractivity contribution < 1.29 is 28.7 Å². The molecule has 0 spiro atoms. The van der Waals surface area contributed by atoms with Gasteiger partial charge in [-0.2, -0.15) is 0 Å². The number of carbonyl (C=O) groups excluding carboxylic acids is 4. The van der Waals surface area contributed by atoms with Gasteiger partial charge in [0.25, 0.3) is 5.91 Å². The highest BCUT2D eigenvalue weighted by Crippen LogP contribution is 2.25. The highest BCUT2D eigenvalue weighted by molar-refractivity contribution is 9.10. The van der Waals surface area contributed by atoms with Gasteiger partial charge >= 0.3 is 11.9 Å². The predicted molar refractivity (Wildman–Crippen MR) is 133 cm³/mol. The van der Waals surface area contributed by atoms with Crippen molar-refractivity contribution in [1.29, 1.82) is 0 Å². The Balaban J connectivity index is 1.67. The molecule has 2 N–H and O–H groups in total. The Kier molecular flexibility index (Phi) is 11.6. The van der Waals surface area contributed by atoms with Crippen molar-refractivity contribution in [3.63, 3.8) is 0 Å². The molecule has 0 atom stereocenters. The molecule has 0 aliphatic rings. The summed E-state index contributed by atoms with van der Waals surface area (Å²) in [6.07, 6.45) is 2.56. The maximum Gasteiger partial charge on any atom is 0.338 e. The van der Waals surface area contributed by atoms with Gasteiger partial charge < -0.3 is 20.1 Å². The first-order valence-corrected chi connectivity index (χ1v) is 11.9. The van der Waals surface area contributed by atoms with Crippen LogP contribution in [0.4, 0.5) is 11.4 Å². The fraction of sp³-hybridized carbons (Fsp3) is 0.333. The lowest BCUT2D eigenvalue weighted by Crippen LogP contribution is -2.21. The van der Waals surface area contributed by atoms with Gasteiger partial charge in [-0.05, 0) is 64.8 Å². The minimum atomic E-state index is -0.680. The van der Waals surface area contributed by atoms with Gasteiger partial charge in [0, 0.05) is 22.3 Å². The number of amides is 2. The average molecular weight is 554 g/mol. The fourth-order valence-electron chi connectivity index (χ4n) is 2.72. The number of halogens is 2. The van der Waals surface area contributed by atoms with Gasteiger partial charge in [-0.25, -0.2) is 4.79 Å². The Hall–Kier alpha value is -2.91. The van der Waals surface area contributed by atoms with Gasteiger partial charge in [-0.3, -0.25) is 14.4 Å². The minimum Gasteiger partial charge on any atom is -0.462 e. The molecule has 34 heavy (non-hydrogen) atoms. The van der Waals surface area contributed by atoms with Crippen LogP contribution in [0.5, 0.6) is 0 Å². The van der Waals surface area contributed by atoms with Crippen LogP contribution in [0, 0.1) is 0 Å². The third kappa shape index (κ3) is 9.93. The van der Waals surface area contributed by atoms with E-state index in [1.165, 1.54) is 0 Å². The van der Waals surface area contributed by atoms with Crippen LogP contribution in [0.1, 0.15) is 49.4 Å². The second-order valence-electron chi connectivity index (χ2n) is 7.31. The van der Waals surface area contributed by atoms with Crippen LogP contribution in [-0.2, 0) is 23.9 Å². The first kappa shape index (κ1) is 27.3. The van der Waals surface area contributed by atoms with Crippen molar-refractivity contribution in [2.75, 3.05) is 23.8 Å². The first-order chi connectivity index (χ1) is 16.3. The summed E-state index contributed by atoms with van der Waals surface area (Å²) in [5, 5.41) is 5.62. The molecular weight excluding hydrogens is 528 g/mol. The molecule has 0 aliphatic heterocycles. The van der Waals surface area contributed by atoms with Crippen molar-refractivity contribution in [1.82, 2.24) is 0 Å². The number of nitrogens with one attached hydrogen (secondary N) is 2. The largest absolute Gasteiger partial charge is 0.462 e. The van der Waals surface area contributed by atoms with Crippen LogP contribution in [0.2, 0.25) is 5.02 Å². The third-order valence-electron chi connectivity index (χ3n) is 4.51. The zero-order chi connectivity index (χ0) is 24.9. The predicted octanol–water partition coefficient (Wildman–Crippen LogP) is 5.35. The number of ether oxygens (including phenoxy) is 2. The zero-order valence-electron chi connectivity index (χ0n) is 18.7. The molecule has 0 aromatic heterocycles. The SMILES string of the molecule is CCCCCOC(=O)c1ccc(NC(=O)CCC(=O)OCC(=O)Nc2ccc(Br)c(Cl)c2)cc1. The summed E-state index contributed by atoms with van der Waals surface area (Å²) in [5.74, 6) is -2.02. The van der Waals surface area contributed by atoms with Crippen LogP contribution in [0.15, 0.2) is 46.9 Å². The molecule has 0 bridgehead atoms. The van der Waals surface area contributed by atoms with E-state index in [1.807, 2.05) is 0 Å². The van der Waals surface area contributed by atoms with Gasteiger partial charge in [0.15, 0.2) is 6.61 Å². The molecule has 2 amide bonds. The van der Waals surface area contributed by atoms with E-state index in [0.29, 0.717) is 33.0 Å². The van der Waals surface area contributed by atoms with E-state index in [1.54, 1.807) is 42.5 Å². The number of benzene rings is 2. The number of rotatable bonds is 12. The van der Waals surface area contributed by atoms with E-state index in [2.05, 4.69) is 33.5 Å². The summed E-state index contributed by atoms with van der Waals surface area (Å²) in [6.45, 7) is 1.96. The van der Waals surface area contributed by atoms with Crippen LogP contribution < -0.4 is 10.6 Å². The molecule has 2 aromatic rings. The summed E-state index contributed by atoms with van der Waals surface area (Å²) >= 11 is 9.21. The molecule has 182 valence electrons. The number of carbonyl (C=O) groups is 4. The van der Waals surface area contributed by atoms with Crippen molar-refractivity contribution in [3.8, 4) is 0 Å². The summed E-state index contributed by atoms with van der Waals surface area (Å²) in [5.41, 5.74) is 1.33. The van der Waals surface area contributed by atoms with Crippen LogP contribution in [0.25, 0.3) is 0 Å². The lowest BCUT2D eigenvalue weighted by molar-refractivity contribution is -0.147. The molecule has 0 unspecified atom stereocenters. The molecule has 0 aliphatic carbocycles. The molecule has 10 heteroatoms. The summed E-state index contributed by atoms with van der Waals surface area (Å²) in [4.78, 5) is 47.8. The number of anilines is 2. The number of esters is 2. The highest BCUT2D eigenvalue weighted by atomic mass is 79.9. The van der Waals surface area contributed by atoms with Gasteiger partial charge in [0.1, 0.15) is 0 Å². The maximum atomic E-state index is 12.1. The lowest BCUT2D eigenvalue weighted by atomic mass is 10.2. The van der Waals surface area contributed by atoms with E-state index in [0.717, 1.165) is 19.3 Å². The van der Waals surface area contributed by atoms with Crippen molar-refractivity contribution >= 4 is 62.7 Å². The van der Waals surface area contributed by atoms with Crippen LogP contribution in [0.3, 0.4) is 0 Å². The normalized spacial score (nSPS) is 10.3. The quantitative estimate of drug-likeness (QED) is 0.271. The van der Waals surface area contributed by atoms with E-state index >= 15 is 0 Å². The Morgan fingerprint density at radius 3 is 2.24 bits per heavy atom. The first-order valence-electron chi connectivity index (χ1n) is 10.8. The van der Waals surface area contributed by atoms with Gasteiger partial charge in [-0.1, -0.05) is 31.4 Å². The molecule has 0 heterocycles. The van der Waals surface area contributed by atoms with Crippen molar-refractivity contribution in [3.05, 3.63) is 57.5 Å². The lowest BCUT2D eigenvalue weighted by Gasteiger charge is -2.08. The van der Waals surface area contributed by atoms with Gasteiger partial charge in [0.05, 0.1) is 23.6 Å². The Morgan fingerprint density at radius 1 is 0.882 bits per heavy atom. The summed E-state index contributed by atoms with van der Waals surface area (Å²) in [6, 6.07) is 11.2. The molecular formula is C24H26BrClN2O6. The Morgan fingerprint density at radius 2 is 1.56 bits per heavy atom. The molecule has 0 radical (unpaired) electrons. The summed E-state index contributed by atoms with van der Waals surface area (Å²) in [7, 11) is 0. The highest BCUT2D eigenvalue weighted by Gasteiger charge is 2.12. The monoisotopic (exact) mass is 552 g/mol. The smallest absolute Gasteiger partial charge is 0.338 e. The average Bonchev–Trinajstić information content (AvgIpc) is 2.82. The van der Waals surface area contributed by atoms with Crippen molar-refractivity contribution in [2.45, 2.75) is 39.0 Å². The molecule has 2 rings (SSSR count). The van der Waals surface area contributed by atoms with E-state index in [4.69, 9.17) is 21.1 Å². The van der Waals surface area contributed by atoms with Crippen LogP contribution >= 0.6 is 27.5 Å². The molecule has 8 nitrogen and oxygen atoms in total. The molecule has 0 fully saturated rings. The fourth-order valence-corrected chi connectivity index (χ4v) is 3.15. The van der Waals surface area contributed by atoms with Gasteiger partial charge in [-0.15, -0.1) is 0 Å². The van der Waals surface area contributed by atoms with Crippen LogP contribution in [-0.4, -0.2) is 37.0 Å². The summed E-state index contributed by atoms with van der Waals surface area (Å²) < 4.78 is 10.8. The topological polar surface area (TPSA) is 111 Å².